The summed E-state index contributed by atoms with van der Waals surface area (Å²) in [6.45, 7) is -0.00898. The summed E-state index contributed by atoms with van der Waals surface area (Å²) in [6.07, 6.45) is -12.8. The average molecular weight is 270 g/mol. The maximum atomic E-state index is 13.3. The maximum Gasteiger partial charge on any atom is 0.443 e. The molecule has 0 saturated carbocycles. The molecule has 10 heteroatoms. The zero-order valence-corrected chi connectivity index (χ0v) is 8.08. The van der Waals surface area contributed by atoms with Gasteiger partial charge in [-0.2, -0.15) is 26.3 Å². The van der Waals surface area contributed by atoms with Crippen LogP contribution in [0.3, 0.4) is 0 Å². The van der Waals surface area contributed by atoms with Crippen molar-refractivity contribution in [2.24, 2.45) is 0 Å². The van der Waals surface area contributed by atoms with Crippen LogP contribution < -0.4 is 0 Å². The molecule has 0 amide bonds. The van der Waals surface area contributed by atoms with Gasteiger partial charge in [0.25, 0.3) is 5.79 Å². The second kappa shape index (κ2) is 3.55. The van der Waals surface area contributed by atoms with Crippen LogP contribution in [0.25, 0.3) is 0 Å². The van der Waals surface area contributed by atoms with E-state index in [0.717, 1.165) is 0 Å². The molecule has 17 heavy (non-hydrogen) atoms. The molecule has 0 aromatic carbocycles. The Morgan fingerprint density at radius 2 is 1.65 bits per heavy atom. The largest absolute Gasteiger partial charge is 0.443 e. The van der Waals surface area contributed by atoms with E-state index in [-0.39, 0.29) is 6.92 Å². The van der Waals surface area contributed by atoms with Gasteiger partial charge in [0.1, 0.15) is 6.42 Å². The molecule has 2 unspecified atom stereocenters. The van der Waals surface area contributed by atoms with Gasteiger partial charge < -0.3 is 0 Å². The van der Waals surface area contributed by atoms with Crippen LogP contribution in [-0.4, -0.2) is 30.0 Å². The van der Waals surface area contributed by atoms with Gasteiger partial charge in [0.05, 0.1) is 0 Å². The third-order valence-electron chi connectivity index (χ3n) is 2.00. The molecule has 0 bridgehead atoms. The Balaban J connectivity index is 3.09. The lowest BCUT2D eigenvalue weighted by Gasteiger charge is -2.25. The molecule has 0 aromatic rings. The summed E-state index contributed by atoms with van der Waals surface area (Å²) < 4.78 is 94.1. The molecule has 1 rings (SSSR count). The predicted molar refractivity (Wildman–Crippen MR) is 36.1 cm³/mol. The van der Waals surface area contributed by atoms with Crippen molar-refractivity contribution < 1.29 is 45.0 Å². The van der Waals surface area contributed by atoms with Crippen molar-refractivity contribution in [3.8, 4) is 0 Å². The lowest BCUT2D eigenvalue weighted by molar-refractivity contribution is -0.370. The van der Waals surface area contributed by atoms with Gasteiger partial charge in [0, 0.05) is 0 Å². The van der Waals surface area contributed by atoms with Crippen LogP contribution >= 0.6 is 0 Å². The summed E-state index contributed by atoms with van der Waals surface area (Å²) >= 11 is 0. The Hall–Kier alpha value is -0.900. The molecular weight excluding hydrogens is 265 g/mol. The van der Waals surface area contributed by atoms with Gasteiger partial charge in [0.15, 0.2) is 0 Å². The molecule has 100 valence electrons. The molecule has 1 aliphatic rings. The molecule has 2 atom stereocenters. The van der Waals surface area contributed by atoms with Crippen molar-refractivity contribution in [2.45, 2.75) is 37.3 Å². The highest BCUT2D eigenvalue weighted by Gasteiger charge is 2.76. The Morgan fingerprint density at radius 1 is 1.18 bits per heavy atom. The molecule has 0 spiro atoms. The first-order chi connectivity index (χ1) is 7.33. The fraction of sp³-hybridized carbons (Fsp3) is 0.857. The molecule has 1 heterocycles. The van der Waals surface area contributed by atoms with Crippen LogP contribution in [0.15, 0.2) is 0 Å². The van der Waals surface area contributed by atoms with Gasteiger partial charge in [-0.15, -0.1) is 0 Å². The smallest absolute Gasteiger partial charge is 0.297 e. The molecule has 0 aliphatic carbocycles. The second-order valence-corrected chi connectivity index (χ2v) is 3.42. The van der Waals surface area contributed by atoms with Crippen LogP contribution in [0, 0.1) is 0 Å². The van der Waals surface area contributed by atoms with Crippen molar-refractivity contribution in [1.82, 2.24) is 0 Å². The highest BCUT2D eigenvalue weighted by molar-refractivity contribution is 5.69. The monoisotopic (exact) mass is 270 g/mol. The van der Waals surface area contributed by atoms with Crippen LogP contribution in [0.2, 0.25) is 0 Å². The lowest BCUT2D eigenvalue weighted by atomic mass is 10.2. The molecule has 0 aromatic heterocycles. The molecule has 1 aliphatic heterocycles. The number of rotatable bonds is 2. The molecule has 1 saturated heterocycles. The van der Waals surface area contributed by atoms with E-state index in [1.54, 1.807) is 0 Å². The van der Waals surface area contributed by atoms with E-state index < -0.39 is 36.4 Å². The van der Waals surface area contributed by atoms with Gasteiger partial charge >= 0.3 is 24.2 Å². The van der Waals surface area contributed by atoms with Crippen molar-refractivity contribution in [3.63, 3.8) is 0 Å². The number of carbonyl (C=O) groups is 1. The zero-order chi connectivity index (χ0) is 13.7. The van der Waals surface area contributed by atoms with Gasteiger partial charge in [-0.25, -0.2) is 4.39 Å². The SMILES string of the molecule is CC1(C(F)(F)F)OC(F)(F)C(F)(CC(=O)F)O1. The number of carbonyl (C=O) groups excluding carboxylic acids is 1. The average Bonchev–Trinajstić information content (AvgIpc) is 2.14. The molecule has 3 nitrogen and oxygen atoms in total. The Labute approximate surface area is 89.5 Å². The van der Waals surface area contributed by atoms with Crippen molar-refractivity contribution in [1.29, 1.82) is 0 Å². The minimum atomic E-state index is -5.48. The van der Waals surface area contributed by atoms with E-state index in [4.69, 9.17) is 0 Å². The molecule has 0 N–H and O–H groups in total. The lowest BCUT2D eigenvalue weighted by Crippen LogP contribution is -2.45. The fourth-order valence-electron chi connectivity index (χ4n) is 1.14. The number of ether oxygens (including phenoxy) is 2. The normalized spacial score (nSPS) is 37.2. The van der Waals surface area contributed by atoms with E-state index >= 15 is 0 Å². The first-order valence-corrected chi connectivity index (χ1v) is 4.05. The van der Waals surface area contributed by atoms with Crippen LogP contribution in [0.1, 0.15) is 13.3 Å². The van der Waals surface area contributed by atoms with E-state index in [9.17, 15) is 35.5 Å². The van der Waals surface area contributed by atoms with Gasteiger partial charge in [-0.1, -0.05) is 0 Å². The molecule has 0 radical (unpaired) electrons. The minimum absolute atomic E-state index is 0.00898. The van der Waals surface area contributed by atoms with Crippen molar-refractivity contribution >= 4 is 6.04 Å². The summed E-state index contributed by atoms with van der Waals surface area (Å²) in [5, 5.41) is 0. The highest BCUT2D eigenvalue weighted by Crippen LogP contribution is 2.54. The molecular formula is C7H5F7O3. The standard InChI is InChI=1S/C7H5F7O3/c1-4(6(10,11)12)16-5(9,2-3(8)15)7(13,14)17-4/h2H2,1H3. The van der Waals surface area contributed by atoms with E-state index in [1.807, 2.05) is 0 Å². The number of hydrogen-bond donors (Lipinski definition) is 0. The van der Waals surface area contributed by atoms with E-state index in [0.29, 0.717) is 0 Å². The number of hydrogen-bond acceptors (Lipinski definition) is 3. The van der Waals surface area contributed by atoms with Crippen LogP contribution in [0.5, 0.6) is 0 Å². The number of halogens is 7. The first-order valence-electron chi connectivity index (χ1n) is 4.05. The Morgan fingerprint density at radius 3 is 1.94 bits per heavy atom. The molecule has 1 fully saturated rings. The number of alkyl halides is 6. The maximum absolute atomic E-state index is 13.3. The summed E-state index contributed by atoms with van der Waals surface area (Å²) in [5.41, 5.74) is 0. The predicted octanol–water partition coefficient (Wildman–Crippen LogP) is 2.46. The topological polar surface area (TPSA) is 35.5 Å². The quantitative estimate of drug-likeness (QED) is 0.571. The van der Waals surface area contributed by atoms with Gasteiger partial charge in [-0.3, -0.25) is 14.3 Å². The summed E-state index contributed by atoms with van der Waals surface area (Å²) in [6, 6.07) is -2.60. The summed E-state index contributed by atoms with van der Waals surface area (Å²) in [5.74, 6) is -8.45. The van der Waals surface area contributed by atoms with Crippen molar-refractivity contribution in [2.75, 3.05) is 0 Å². The van der Waals surface area contributed by atoms with E-state index in [2.05, 4.69) is 9.47 Å². The Kier molecular flexibility index (Phi) is 2.95. The highest BCUT2D eigenvalue weighted by atomic mass is 19.4. The summed E-state index contributed by atoms with van der Waals surface area (Å²) in [7, 11) is 0. The fourth-order valence-corrected chi connectivity index (χ4v) is 1.14. The third-order valence-corrected chi connectivity index (χ3v) is 2.00. The minimum Gasteiger partial charge on any atom is -0.297 e. The van der Waals surface area contributed by atoms with Gasteiger partial charge in [-0.05, 0) is 6.92 Å². The second-order valence-electron chi connectivity index (χ2n) is 3.42. The third kappa shape index (κ3) is 2.23. The van der Waals surface area contributed by atoms with Gasteiger partial charge in [0.2, 0.25) is 0 Å². The van der Waals surface area contributed by atoms with Crippen LogP contribution in [0.4, 0.5) is 30.7 Å². The van der Waals surface area contributed by atoms with E-state index in [1.165, 1.54) is 0 Å². The Bertz CT molecular complexity index is 341. The van der Waals surface area contributed by atoms with Crippen molar-refractivity contribution in [3.05, 3.63) is 0 Å². The van der Waals surface area contributed by atoms with Crippen LogP contribution in [-0.2, 0) is 14.3 Å². The first kappa shape index (κ1) is 14.2. The zero-order valence-electron chi connectivity index (χ0n) is 8.08. The summed E-state index contributed by atoms with van der Waals surface area (Å²) in [4.78, 5) is 9.90.